The highest BCUT2D eigenvalue weighted by Gasteiger charge is 2.29. The van der Waals surface area contributed by atoms with Crippen LogP contribution in [0.1, 0.15) is 20.3 Å². The first-order chi connectivity index (χ1) is 15.6. The zero-order valence-electron chi connectivity index (χ0n) is 18.3. The lowest BCUT2D eigenvalue weighted by atomic mass is 10.0. The van der Waals surface area contributed by atoms with E-state index >= 15 is 0 Å². The molecule has 0 aliphatic carbocycles. The molecule has 7 nitrogen and oxygen atoms in total. The third-order valence-electron chi connectivity index (χ3n) is 5.07. The van der Waals surface area contributed by atoms with Gasteiger partial charge in [0.05, 0.1) is 23.3 Å². The van der Waals surface area contributed by atoms with Gasteiger partial charge >= 0.3 is 0 Å². The van der Waals surface area contributed by atoms with Crippen molar-refractivity contribution in [3.05, 3.63) is 52.3 Å². The lowest BCUT2D eigenvalue weighted by Gasteiger charge is -2.27. The fourth-order valence-electron chi connectivity index (χ4n) is 3.42. The molecule has 0 aromatic heterocycles. The Kier molecular flexibility index (Phi) is 8.58. The summed E-state index contributed by atoms with van der Waals surface area (Å²) in [5.74, 6) is -0.783. The second-order valence-electron chi connectivity index (χ2n) is 8.11. The molecule has 0 radical (unpaired) electrons. The normalized spacial score (nSPS) is 15.9. The van der Waals surface area contributed by atoms with Crippen molar-refractivity contribution in [1.82, 2.24) is 4.31 Å². The molecule has 1 aliphatic rings. The first-order valence-electron chi connectivity index (χ1n) is 10.5. The molecule has 0 saturated carbocycles. The van der Waals surface area contributed by atoms with Gasteiger partial charge in [-0.05, 0) is 48.7 Å². The summed E-state index contributed by atoms with van der Waals surface area (Å²) in [5, 5.41) is 5.83. The summed E-state index contributed by atoms with van der Waals surface area (Å²) in [6.07, 6.45) is 0.467. The van der Waals surface area contributed by atoms with Crippen molar-refractivity contribution in [2.45, 2.75) is 31.2 Å². The molecule has 2 aromatic carbocycles. The molecule has 1 saturated heterocycles. The third kappa shape index (κ3) is 6.58. The Balaban J connectivity index is 1.83. The van der Waals surface area contributed by atoms with Crippen molar-refractivity contribution in [3.63, 3.8) is 0 Å². The largest absolute Gasteiger partial charge is 0.379 e. The molecule has 11 heteroatoms. The highest BCUT2D eigenvalue weighted by atomic mass is 35.5. The number of nitrogens with zero attached hydrogens (tertiary/aromatic N) is 1. The van der Waals surface area contributed by atoms with Crippen LogP contribution in [0.3, 0.4) is 0 Å². The molecule has 0 bridgehead atoms. The number of benzene rings is 2. The summed E-state index contributed by atoms with van der Waals surface area (Å²) in [7, 11) is -3.82. The topological polar surface area (TPSA) is 87.7 Å². The highest BCUT2D eigenvalue weighted by molar-refractivity contribution is 7.89. The van der Waals surface area contributed by atoms with E-state index in [9.17, 15) is 17.6 Å². The molecule has 180 valence electrons. The average molecular weight is 518 g/mol. The van der Waals surface area contributed by atoms with Gasteiger partial charge in [-0.1, -0.05) is 37.0 Å². The second-order valence-corrected chi connectivity index (χ2v) is 10.8. The minimum Gasteiger partial charge on any atom is -0.379 e. The van der Waals surface area contributed by atoms with Crippen LogP contribution in [0.4, 0.5) is 15.8 Å². The summed E-state index contributed by atoms with van der Waals surface area (Å²) in [6.45, 7) is 5.06. The molecular formula is C22H26Cl2FN3O4S. The lowest BCUT2D eigenvalue weighted by molar-refractivity contribution is -0.117. The number of hydrogen-bond acceptors (Lipinski definition) is 5. The molecule has 1 heterocycles. The fraction of sp³-hybridized carbons (Fsp3) is 0.409. The maximum absolute atomic E-state index is 13.4. The lowest BCUT2D eigenvalue weighted by Crippen LogP contribution is -2.40. The van der Waals surface area contributed by atoms with Crippen molar-refractivity contribution >= 4 is 50.5 Å². The first kappa shape index (κ1) is 25.7. The summed E-state index contributed by atoms with van der Waals surface area (Å²) >= 11 is 12.0. The van der Waals surface area contributed by atoms with Gasteiger partial charge in [-0.25, -0.2) is 12.8 Å². The molecule has 2 N–H and O–H groups in total. The Labute approximate surface area is 203 Å². The van der Waals surface area contributed by atoms with Gasteiger partial charge in [0.25, 0.3) is 0 Å². The number of morpholine rings is 1. The predicted octanol–water partition coefficient (Wildman–Crippen LogP) is 4.62. The van der Waals surface area contributed by atoms with Crippen molar-refractivity contribution in [1.29, 1.82) is 0 Å². The molecule has 1 unspecified atom stereocenters. The van der Waals surface area contributed by atoms with E-state index < -0.39 is 21.9 Å². The van der Waals surface area contributed by atoms with Gasteiger partial charge in [-0.3, -0.25) is 4.79 Å². The number of nitrogens with one attached hydrogen (secondary N) is 2. The summed E-state index contributed by atoms with van der Waals surface area (Å²) in [5.41, 5.74) is 0.790. The van der Waals surface area contributed by atoms with Gasteiger partial charge in [-0.15, -0.1) is 0 Å². The maximum atomic E-state index is 13.4. The molecular weight excluding hydrogens is 492 g/mol. The van der Waals surface area contributed by atoms with Crippen molar-refractivity contribution in [2.24, 2.45) is 5.92 Å². The second kappa shape index (κ2) is 11.0. The van der Waals surface area contributed by atoms with E-state index in [4.69, 9.17) is 27.9 Å². The van der Waals surface area contributed by atoms with E-state index in [1.165, 1.54) is 34.6 Å². The van der Waals surface area contributed by atoms with Gasteiger partial charge < -0.3 is 15.4 Å². The molecule has 1 amide bonds. The van der Waals surface area contributed by atoms with Crippen LogP contribution in [0.25, 0.3) is 0 Å². The number of carbonyl (C=O) groups excluding carboxylic acids is 1. The van der Waals surface area contributed by atoms with Gasteiger partial charge in [0.2, 0.25) is 15.9 Å². The number of ether oxygens (including phenoxy) is 1. The van der Waals surface area contributed by atoms with E-state index in [1.807, 2.05) is 13.8 Å². The Morgan fingerprint density at radius 3 is 2.39 bits per heavy atom. The molecule has 2 aromatic rings. The summed E-state index contributed by atoms with van der Waals surface area (Å²) < 4.78 is 46.2. The monoisotopic (exact) mass is 517 g/mol. The number of sulfonamides is 1. The predicted molar refractivity (Wildman–Crippen MR) is 128 cm³/mol. The standard InChI is InChI=1S/C22H26Cl2FN3O4S/c1-14(2)11-20(22(29)27-15-4-6-19(25)18(24)12-15)26-16-3-5-17(23)21(13-16)33(30,31)28-7-9-32-10-8-28/h3-6,12-14,20,26H,7-11H2,1-2H3,(H,27,29). The molecule has 1 atom stereocenters. The molecule has 0 spiro atoms. The van der Waals surface area contributed by atoms with Crippen molar-refractivity contribution in [2.75, 3.05) is 36.9 Å². The molecule has 1 aliphatic heterocycles. The van der Waals surface area contributed by atoms with Crippen LogP contribution >= 0.6 is 23.2 Å². The van der Waals surface area contributed by atoms with Gasteiger partial charge in [-0.2, -0.15) is 4.31 Å². The number of anilines is 2. The number of rotatable bonds is 8. The molecule has 3 rings (SSSR count). The smallest absolute Gasteiger partial charge is 0.246 e. The zero-order valence-corrected chi connectivity index (χ0v) is 20.6. The molecule has 1 fully saturated rings. The quantitative estimate of drug-likeness (QED) is 0.533. The summed E-state index contributed by atoms with van der Waals surface area (Å²) in [6, 6.07) is 7.77. The Morgan fingerprint density at radius 2 is 1.76 bits per heavy atom. The Hall–Kier alpha value is -1.91. The zero-order chi connectivity index (χ0) is 24.2. The van der Waals surface area contributed by atoms with Crippen LogP contribution in [0.5, 0.6) is 0 Å². The van der Waals surface area contributed by atoms with E-state index in [1.54, 1.807) is 6.07 Å². The van der Waals surface area contributed by atoms with Crippen LogP contribution < -0.4 is 10.6 Å². The Morgan fingerprint density at radius 1 is 1.09 bits per heavy atom. The van der Waals surface area contributed by atoms with Gasteiger partial charge in [0.15, 0.2) is 0 Å². The van der Waals surface area contributed by atoms with Crippen LogP contribution in [0.2, 0.25) is 10.0 Å². The van der Waals surface area contributed by atoms with E-state index in [0.29, 0.717) is 31.0 Å². The Bertz CT molecular complexity index is 1110. The van der Waals surface area contributed by atoms with Gasteiger partial charge in [0, 0.05) is 24.5 Å². The average Bonchev–Trinajstić information content (AvgIpc) is 2.77. The molecule has 33 heavy (non-hydrogen) atoms. The highest BCUT2D eigenvalue weighted by Crippen LogP contribution is 2.29. The van der Waals surface area contributed by atoms with Gasteiger partial charge in [0.1, 0.15) is 16.8 Å². The minimum absolute atomic E-state index is 0.0370. The van der Waals surface area contributed by atoms with Crippen LogP contribution in [-0.4, -0.2) is 51.0 Å². The number of carbonyl (C=O) groups is 1. The van der Waals surface area contributed by atoms with E-state index in [0.717, 1.165) is 0 Å². The number of halogens is 3. The fourth-order valence-corrected chi connectivity index (χ4v) is 5.51. The third-order valence-corrected chi connectivity index (χ3v) is 7.74. The maximum Gasteiger partial charge on any atom is 0.246 e. The SMILES string of the molecule is CC(C)CC(Nc1ccc(Cl)c(S(=O)(=O)N2CCOCC2)c1)C(=O)Nc1ccc(F)c(Cl)c1. The number of hydrogen-bond donors (Lipinski definition) is 2. The number of amides is 1. The van der Waals surface area contributed by atoms with E-state index in [2.05, 4.69) is 10.6 Å². The minimum atomic E-state index is -3.82. The summed E-state index contributed by atoms with van der Waals surface area (Å²) in [4.78, 5) is 12.9. The first-order valence-corrected chi connectivity index (χ1v) is 12.7. The van der Waals surface area contributed by atoms with Crippen LogP contribution in [0.15, 0.2) is 41.3 Å². The van der Waals surface area contributed by atoms with Crippen molar-refractivity contribution in [3.8, 4) is 0 Å². The van der Waals surface area contributed by atoms with E-state index in [-0.39, 0.29) is 39.9 Å². The van der Waals surface area contributed by atoms with Crippen LogP contribution in [-0.2, 0) is 19.6 Å². The van der Waals surface area contributed by atoms with Crippen LogP contribution in [0, 0.1) is 11.7 Å². The van der Waals surface area contributed by atoms with Crippen molar-refractivity contribution < 1.29 is 22.3 Å².